The first-order valence-electron chi connectivity index (χ1n) is 12.5. The number of hydrogen-bond acceptors (Lipinski definition) is 7. The second-order valence-electron chi connectivity index (χ2n) is 10.4. The predicted molar refractivity (Wildman–Crippen MR) is 147 cm³/mol. The van der Waals surface area contributed by atoms with Gasteiger partial charge in [0.2, 0.25) is 5.43 Å². The normalized spacial score (nSPS) is 12.5. The van der Waals surface area contributed by atoms with Gasteiger partial charge in [-0.1, -0.05) is 30.3 Å². The van der Waals surface area contributed by atoms with Gasteiger partial charge in [-0.25, -0.2) is 9.59 Å². The third-order valence-corrected chi connectivity index (χ3v) is 6.24. The first-order valence-corrected chi connectivity index (χ1v) is 12.5. The van der Waals surface area contributed by atoms with Gasteiger partial charge in [-0.3, -0.25) is 4.79 Å². The lowest BCUT2D eigenvalue weighted by Gasteiger charge is -2.23. The van der Waals surface area contributed by atoms with Crippen LogP contribution in [0.1, 0.15) is 31.9 Å². The van der Waals surface area contributed by atoms with Crippen LogP contribution in [0.3, 0.4) is 0 Å². The van der Waals surface area contributed by atoms with Crippen molar-refractivity contribution in [2.24, 2.45) is 0 Å². The SMILES string of the molecule is Cc1cccc2c(=O)c3c(O)cc(OC(=O)[C@@H](Cc4c[nH]c5ccccc45)NC(=O)OC(C)(C)C)cc3oc12. The molecule has 0 saturated carbocycles. The summed E-state index contributed by atoms with van der Waals surface area (Å²) in [5.74, 6) is -1.22. The smallest absolute Gasteiger partial charge is 0.408 e. The number of nitrogens with one attached hydrogen (secondary N) is 2. The van der Waals surface area contributed by atoms with Crippen molar-refractivity contribution in [1.29, 1.82) is 0 Å². The summed E-state index contributed by atoms with van der Waals surface area (Å²) in [6, 6.07) is 14.2. The van der Waals surface area contributed by atoms with Crippen molar-refractivity contribution >= 4 is 44.9 Å². The molecule has 3 aromatic carbocycles. The van der Waals surface area contributed by atoms with Crippen molar-refractivity contribution in [1.82, 2.24) is 10.3 Å². The minimum atomic E-state index is -1.12. The zero-order chi connectivity index (χ0) is 27.9. The molecule has 0 aliphatic heterocycles. The second kappa shape index (κ2) is 9.83. The molecule has 39 heavy (non-hydrogen) atoms. The number of carbonyl (C=O) groups is 2. The number of H-pyrrole nitrogens is 1. The number of para-hydroxylation sites is 2. The molecule has 0 unspecified atom stereocenters. The molecule has 0 spiro atoms. The van der Waals surface area contributed by atoms with Gasteiger partial charge in [0.15, 0.2) is 0 Å². The predicted octanol–water partition coefficient (Wildman–Crippen LogP) is 5.48. The van der Waals surface area contributed by atoms with Crippen LogP contribution in [0.2, 0.25) is 0 Å². The zero-order valence-electron chi connectivity index (χ0n) is 22.0. The molecular formula is C30H28N2O7. The number of aryl methyl sites for hydroxylation is 1. The van der Waals surface area contributed by atoms with E-state index in [0.29, 0.717) is 11.0 Å². The van der Waals surface area contributed by atoms with Crippen molar-refractivity contribution in [2.45, 2.75) is 45.8 Å². The summed E-state index contributed by atoms with van der Waals surface area (Å²) in [6.45, 7) is 6.96. The summed E-state index contributed by atoms with van der Waals surface area (Å²) in [4.78, 5) is 42.2. The van der Waals surface area contributed by atoms with Crippen LogP contribution in [-0.4, -0.2) is 33.8 Å². The number of rotatable bonds is 5. The van der Waals surface area contributed by atoms with E-state index in [1.165, 1.54) is 12.1 Å². The van der Waals surface area contributed by atoms with Crippen LogP contribution in [0.15, 0.2) is 70.0 Å². The van der Waals surface area contributed by atoms with Gasteiger partial charge in [-0.05, 0) is 51.0 Å². The van der Waals surface area contributed by atoms with Crippen LogP contribution >= 0.6 is 0 Å². The number of amides is 1. The highest BCUT2D eigenvalue weighted by atomic mass is 16.6. The number of phenols is 1. The number of carbonyl (C=O) groups excluding carboxylic acids is 2. The Labute approximate surface area is 223 Å². The number of aromatic nitrogens is 1. The number of ether oxygens (including phenoxy) is 2. The molecule has 9 heteroatoms. The second-order valence-corrected chi connectivity index (χ2v) is 10.4. The van der Waals surface area contributed by atoms with E-state index in [0.717, 1.165) is 22.0 Å². The van der Waals surface area contributed by atoms with E-state index in [4.69, 9.17) is 13.9 Å². The monoisotopic (exact) mass is 528 g/mol. The lowest BCUT2D eigenvalue weighted by Crippen LogP contribution is -2.46. The van der Waals surface area contributed by atoms with Gasteiger partial charge in [0, 0.05) is 35.7 Å². The minimum Gasteiger partial charge on any atom is -0.507 e. The van der Waals surface area contributed by atoms with E-state index >= 15 is 0 Å². The third kappa shape index (κ3) is 5.29. The lowest BCUT2D eigenvalue weighted by molar-refractivity contribution is -0.136. The van der Waals surface area contributed by atoms with Crippen LogP contribution < -0.4 is 15.5 Å². The summed E-state index contributed by atoms with van der Waals surface area (Å²) >= 11 is 0. The Morgan fingerprint density at radius 3 is 2.59 bits per heavy atom. The Bertz CT molecular complexity index is 1790. The van der Waals surface area contributed by atoms with Gasteiger partial charge in [-0.15, -0.1) is 0 Å². The number of hydrogen-bond donors (Lipinski definition) is 3. The summed E-state index contributed by atoms with van der Waals surface area (Å²) in [6.07, 6.45) is 1.10. The molecule has 1 atom stereocenters. The summed E-state index contributed by atoms with van der Waals surface area (Å²) in [5.41, 5.74) is 1.69. The Morgan fingerprint density at radius 1 is 1.08 bits per heavy atom. The van der Waals surface area contributed by atoms with Crippen molar-refractivity contribution in [3.63, 3.8) is 0 Å². The Morgan fingerprint density at radius 2 is 1.82 bits per heavy atom. The largest absolute Gasteiger partial charge is 0.507 e. The number of esters is 1. The molecule has 0 radical (unpaired) electrons. The summed E-state index contributed by atoms with van der Waals surface area (Å²) in [5, 5.41) is 14.5. The maximum Gasteiger partial charge on any atom is 0.408 e. The molecule has 5 aromatic rings. The van der Waals surface area contributed by atoms with E-state index in [2.05, 4.69) is 10.3 Å². The summed E-state index contributed by atoms with van der Waals surface area (Å²) < 4.78 is 16.9. The third-order valence-electron chi connectivity index (χ3n) is 6.24. The van der Waals surface area contributed by atoms with Crippen LogP contribution in [0.4, 0.5) is 4.79 Å². The van der Waals surface area contributed by atoms with Gasteiger partial charge in [0.25, 0.3) is 0 Å². The summed E-state index contributed by atoms with van der Waals surface area (Å²) in [7, 11) is 0. The first-order chi connectivity index (χ1) is 18.5. The minimum absolute atomic E-state index is 0.0184. The van der Waals surface area contributed by atoms with Crippen molar-refractivity contribution in [3.8, 4) is 11.5 Å². The molecular weight excluding hydrogens is 500 g/mol. The maximum atomic E-state index is 13.4. The lowest BCUT2D eigenvalue weighted by atomic mass is 10.0. The Kier molecular flexibility index (Phi) is 6.51. The fourth-order valence-electron chi connectivity index (χ4n) is 4.51. The quantitative estimate of drug-likeness (QED) is 0.156. The molecule has 0 saturated heterocycles. The number of fused-ring (bicyclic) bond motifs is 3. The standard InChI is InChI=1S/C30H28N2O7/c1-16-8-7-10-20-26(34)25-23(33)13-18(14-24(25)38-27(16)20)37-28(35)22(32-29(36)39-30(2,3)4)12-17-15-31-21-11-6-5-9-19(17)21/h5-11,13-15,22,31,33H,12H2,1-4H3,(H,32,36)/t22-/m1/s1. The van der Waals surface area contributed by atoms with E-state index in [9.17, 15) is 19.5 Å². The van der Waals surface area contributed by atoms with Crippen LogP contribution in [0, 0.1) is 6.92 Å². The molecule has 0 aliphatic carbocycles. The van der Waals surface area contributed by atoms with Gasteiger partial charge in [-0.2, -0.15) is 0 Å². The van der Waals surface area contributed by atoms with Crippen molar-refractivity contribution in [2.75, 3.05) is 0 Å². The molecule has 9 nitrogen and oxygen atoms in total. The fraction of sp³-hybridized carbons (Fsp3) is 0.233. The fourth-order valence-corrected chi connectivity index (χ4v) is 4.51. The van der Waals surface area contributed by atoms with Crippen LogP contribution in [0.25, 0.3) is 32.8 Å². The number of aromatic amines is 1. The van der Waals surface area contributed by atoms with E-state index in [1.54, 1.807) is 52.1 Å². The molecule has 0 aliphatic rings. The molecule has 2 heterocycles. The van der Waals surface area contributed by atoms with Gasteiger partial charge >= 0.3 is 12.1 Å². The number of alkyl carbamates (subject to hydrolysis) is 1. The van der Waals surface area contributed by atoms with Gasteiger partial charge in [0.1, 0.15) is 39.7 Å². The van der Waals surface area contributed by atoms with Crippen molar-refractivity contribution in [3.05, 3.63) is 82.1 Å². The highest BCUT2D eigenvalue weighted by Crippen LogP contribution is 2.32. The van der Waals surface area contributed by atoms with E-state index < -0.39 is 29.1 Å². The molecule has 0 fully saturated rings. The molecule has 5 rings (SSSR count). The number of aromatic hydroxyl groups is 1. The molecule has 3 N–H and O–H groups in total. The van der Waals surface area contributed by atoms with Crippen LogP contribution in [-0.2, 0) is 16.0 Å². The molecule has 2 aromatic heterocycles. The number of phenolic OH excluding ortho intramolecular Hbond substituents is 1. The van der Waals surface area contributed by atoms with Gasteiger partial charge < -0.3 is 29.3 Å². The maximum absolute atomic E-state index is 13.4. The van der Waals surface area contributed by atoms with E-state index in [-0.39, 0.29) is 28.9 Å². The Balaban J connectivity index is 1.48. The van der Waals surface area contributed by atoms with E-state index in [1.807, 2.05) is 24.3 Å². The average molecular weight is 529 g/mol. The first kappa shape index (κ1) is 25.8. The molecule has 200 valence electrons. The van der Waals surface area contributed by atoms with Crippen molar-refractivity contribution < 1.29 is 28.6 Å². The molecule has 0 bridgehead atoms. The average Bonchev–Trinajstić information content (AvgIpc) is 3.26. The van der Waals surface area contributed by atoms with Gasteiger partial charge in [0.05, 0.1) is 5.39 Å². The van der Waals surface area contributed by atoms with Crippen LogP contribution in [0.5, 0.6) is 11.5 Å². The number of benzene rings is 3. The highest BCUT2D eigenvalue weighted by molar-refractivity contribution is 5.95. The molecule has 1 amide bonds. The topological polar surface area (TPSA) is 131 Å². The Hall–Kier alpha value is -4.79. The highest BCUT2D eigenvalue weighted by Gasteiger charge is 2.28. The zero-order valence-corrected chi connectivity index (χ0v) is 22.0.